The van der Waals surface area contributed by atoms with Gasteiger partial charge < -0.3 is 14.8 Å². The van der Waals surface area contributed by atoms with E-state index >= 15 is 0 Å². The van der Waals surface area contributed by atoms with Gasteiger partial charge >= 0.3 is 0 Å². The second kappa shape index (κ2) is 8.38. The van der Waals surface area contributed by atoms with Crippen LogP contribution in [0.25, 0.3) is 0 Å². The predicted octanol–water partition coefficient (Wildman–Crippen LogP) is 4.09. The molecule has 1 saturated heterocycles. The van der Waals surface area contributed by atoms with Crippen molar-refractivity contribution in [1.29, 1.82) is 0 Å². The van der Waals surface area contributed by atoms with Gasteiger partial charge in [-0.1, -0.05) is 29.3 Å². The maximum absolute atomic E-state index is 6.40. The molecule has 1 N–H and O–H groups in total. The molecule has 1 aliphatic heterocycles. The predicted molar refractivity (Wildman–Crippen MR) is 109 cm³/mol. The summed E-state index contributed by atoms with van der Waals surface area (Å²) < 4.78 is 11.9. The first-order chi connectivity index (χ1) is 13.1. The van der Waals surface area contributed by atoms with Gasteiger partial charge in [-0.2, -0.15) is 0 Å². The average Bonchev–Trinajstić information content (AvgIpc) is 3.03. The quantitative estimate of drug-likeness (QED) is 0.810. The first-order valence-electron chi connectivity index (χ1n) is 9.32. The van der Waals surface area contributed by atoms with Crippen molar-refractivity contribution in [2.45, 2.75) is 25.2 Å². The highest BCUT2D eigenvalue weighted by Crippen LogP contribution is 2.40. The van der Waals surface area contributed by atoms with E-state index in [4.69, 9.17) is 32.7 Å². The fourth-order valence-electron chi connectivity index (χ4n) is 4.13. The molecule has 0 unspecified atom stereocenters. The molecule has 2 atom stereocenters. The van der Waals surface area contributed by atoms with Gasteiger partial charge in [0, 0.05) is 42.6 Å². The number of hydrogen-bond acceptors (Lipinski definition) is 4. The number of nitrogens with zero attached hydrogens (tertiary/aromatic N) is 1. The number of rotatable bonds is 5. The number of hydrogen-bond donors (Lipinski definition) is 1. The van der Waals surface area contributed by atoms with E-state index in [1.807, 2.05) is 18.2 Å². The van der Waals surface area contributed by atoms with Gasteiger partial charge in [0.1, 0.15) is 5.75 Å². The molecule has 1 heterocycles. The van der Waals surface area contributed by atoms with Crippen molar-refractivity contribution in [1.82, 2.24) is 10.2 Å². The van der Waals surface area contributed by atoms with Gasteiger partial charge in [-0.05, 0) is 47.0 Å². The van der Waals surface area contributed by atoms with E-state index in [9.17, 15) is 0 Å². The van der Waals surface area contributed by atoms with Gasteiger partial charge in [0.15, 0.2) is 0 Å². The summed E-state index contributed by atoms with van der Waals surface area (Å²) in [4.78, 5) is 2.53. The fraction of sp³-hybridized carbons (Fsp3) is 0.429. The Hall–Kier alpha value is -1.30. The third kappa shape index (κ3) is 4.25. The topological polar surface area (TPSA) is 33.7 Å². The van der Waals surface area contributed by atoms with Gasteiger partial charge in [-0.25, -0.2) is 0 Å². The molecular formula is C21H24Cl2N2O2. The highest BCUT2D eigenvalue weighted by molar-refractivity contribution is 6.34. The Morgan fingerprint density at radius 2 is 1.81 bits per heavy atom. The van der Waals surface area contributed by atoms with Crippen LogP contribution in [0.15, 0.2) is 36.4 Å². The lowest BCUT2D eigenvalue weighted by atomic mass is 10.0. The Morgan fingerprint density at radius 1 is 1.07 bits per heavy atom. The molecule has 0 bridgehead atoms. The number of halogens is 2. The molecule has 144 valence electrons. The molecule has 0 radical (unpaired) electrons. The van der Waals surface area contributed by atoms with Gasteiger partial charge in [0.05, 0.1) is 25.9 Å². The molecule has 4 nitrogen and oxygen atoms in total. The van der Waals surface area contributed by atoms with Gasteiger partial charge in [0.25, 0.3) is 0 Å². The van der Waals surface area contributed by atoms with Gasteiger partial charge in [0.2, 0.25) is 0 Å². The zero-order valence-electron chi connectivity index (χ0n) is 15.4. The Balaban J connectivity index is 1.56. The minimum atomic E-state index is 0.1000. The lowest BCUT2D eigenvalue weighted by Crippen LogP contribution is -2.47. The molecule has 27 heavy (non-hydrogen) atoms. The summed E-state index contributed by atoms with van der Waals surface area (Å²) in [5.41, 5.74) is 3.67. The number of nitrogens with one attached hydrogen (secondary N) is 1. The minimum Gasteiger partial charge on any atom is -0.497 e. The van der Waals surface area contributed by atoms with Crippen LogP contribution in [-0.2, 0) is 17.8 Å². The first kappa shape index (κ1) is 19.0. The van der Waals surface area contributed by atoms with Crippen molar-refractivity contribution in [3.05, 3.63) is 63.1 Å². The summed E-state index contributed by atoms with van der Waals surface area (Å²) in [5, 5.41) is 4.71. The third-order valence-electron chi connectivity index (χ3n) is 5.38. The van der Waals surface area contributed by atoms with Crippen LogP contribution in [0.4, 0.5) is 0 Å². The van der Waals surface area contributed by atoms with E-state index in [2.05, 4.69) is 22.3 Å². The van der Waals surface area contributed by atoms with Crippen LogP contribution in [0.5, 0.6) is 5.75 Å². The van der Waals surface area contributed by atoms with Crippen LogP contribution in [0, 0.1) is 0 Å². The van der Waals surface area contributed by atoms with Crippen LogP contribution in [-0.4, -0.2) is 44.3 Å². The van der Waals surface area contributed by atoms with Crippen LogP contribution in [0.3, 0.4) is 0 Å². The Morgan fingerprint density at radius 3 is 2.52 bits per heavy atom. The standard InChI is InChI=1S/C21H24Cl2N2O2/c1-26-18-3-2-15-10-20(27-13-14-8-16(22)11-17(23)9-14)21(19(15)12-18)25-6-4-24-5-7-25/h2-3,8-9,11-12,20-21,24H,4-7,10,13H2,1H3/t20-,21-/m1/s1. The normalized spacial score (nSPS) is 22.6. The molecule has 1 fully saturated rings. The summed E-state index contributed by atoms with van der Waals surface area (Å²) in [6.45, 7) is 4.55. The summed E-state index contributed by atoms with van der Waals surface area (Å²) in [6.07, 6.45) is 1.00. The van der Waals surface area contributed by atoms with E-state index in [1.54, 1.807) is 13.2 Å². The molecule has 0 saturated carbocycles. The van der Waals surface area contributed by atoms with Crippen molar-refractivity contribution < 1.29 is 9.47 Å². The molecule has 1 aliphatic carbocycles. The first-order valence-corrected chi connectivity index (χ1v) is 10.1. The zero-order chi connectivity index (χ0) is 18.8. The van der Waals surface area contributed by atoms with E-state index in [1.165, 1.54) is 11.1 Å². The lowest BCUT2D eigenvalue weighted by Gasteiger charge is -2.36. The molecule has 4 rings (SSSR count). The molecule has 0 spiro atoms. The molecule has 2 aromatic carbocycles. The number of fused-ring (bicyclic) bond motifs is 1. The Kier molecular flexibility index (Phi) is 5.90. The zero-order valence-corrected chi connectivity index (χ0v) is 16.9. The molecule has 6 heteroatoms. The second-order valence-electron chi connectivity index (χ2n) is 7.13. The fourth-order valence-corrected chi connectivity index (χ4v) is 4.70. The maximum atomic E-state index is 6.40. The Labute approximate surface area is 170 Å². The molecule has 2 aromatic rings. The second-order valence-corrected chi connectivity index (χ2v) is 8.00. The monoisotopic (exact) mass is 406 g/mol. The minimum absolute atomic E-state index is 0.1000. The van der Waals surface area contributed by atoms with Crippen LogP contribution in [0.2, 0.25) is 10.0 Å². The summed E-state index contributed by atoms with van der Waals surface area (Å²) in [5.74, 6) is 0.899. The van der Waals surface area contributed by atoms with E-state index in [-0.39, 0.29) is 12.1 Å². The number of benzene rings is 2. The maximum Gasteiger partial charge on any atom is 0.119 e. The van der Waals surface area contributed by atoms with E-state index < -0.39 is 0 Å². The molecule has 0 aromatic heterocycles. The van der Waals surface area contributed by atoms with Crippen LogP contribution in [0.1, 0.15) is 22.7 Å². The molecule has 0 amide bonds. The van der Waals surface area contributed by atoms with Crippen LogP contribution < -0.4 is 10.1 Å². The smallest absolute Gasteiger partial charge is 0.119 e. The summed E-state index contributed by atoms with van der Waals surface area (Å²) >= 11 is 12.3. The van der Waals surface area contributed by atoms with Crippen molar-refractivity contribution in [2.24, 2.45) is 0 Å². The van der Waals surface area contributed by atoms with Crippen LogP contribution >= 0.6 is 23.2 Å². The number of ether oxygens (including phenoxy) is 2. The SMILES string of the molecule is COc1ccc2c(c1)[C@@H](N1CCNCC1)[C@H](OCc1cc(Cl)cc(Cl)c1)C2. The van der Waals surface area contributed by atoms with Gasteiger partial charge in [-0.3, -0.25) is 4.90 Å². The highest BCUT2D eigenvalue weighted by Gasteiger charge is 2.38. The highest BCUT2D eigenvalue weighted by atomic mass is 35.5. The molecular weight excluding hydrogens is 383 g/mol. The number of methoxy groups -OCH3 is 1. The molecule has 2 aliphatic rings. The Bertz CT molecular complexity index is 789. The lowest BCUT2D eigenvalue weighted by molar-refractivity contribution is -0.0188. The number of piperazine rings is 1. The third-order valence-corrected chi connectivity index (χ3v) is 5.81. The van der Waals surface area contributed by atoms with Crippen molar-refractivity contribution >= 4 is 23.2 Å². The van der Waals surface area contributed by atoms with Crippen molar-refractivity contribution in [3.8, 4) is 5.75 Å². The van der Waals surface area contributed by atoms with Gasteiger partial charge in [-0.15, -0.1) is 0 Å². The van der Waals surface area contributed by atoms with Crippen molar-refractivity contribution in [3.63, 3.8) is 0 Å². The van der Waals surface area contributed by atoms with E-state index in [0.717, 1.165) is 43.9 Å². The van der Waals surface area contributed by atoms with Crippen molar-refractivity contribution in [2.75, 3.05) is 33.3 Å². The van der Waals surface area contributed by atoms with E-state index in [0.29, 0.717) is 16.7 Å². The summed E-state index contributed by atoms with van der Waals surface area (Å²) in [6, 6.07) is 12.2. The largest absolute Gasteiger partial charge is 0.497 e. The average molecular weight is 407 g/mol. The summed E-state index contributed by atoms with van der Waals surface area (Å²) in [7, 11) is 1.72.